The van der Waals surface area contributed by atoms with E-state index in [0.717, 1.165) is 0 Å². The Hall–Kier alpha value is -0.690. The maximum Gasteiger partial charge on any atom is 0.160 e. The second kappa shape index (κ2) is 3.71. The topological polar surface area (TPSA) is 85.9 Å². The summed E-state index contributed by atoms with van der Waals surface area (Å²) in [7, 11) is -2.88. The maximum absolute atomic E-state index is 11.3. The molecule has 7 heteroatoms. The molecule has 2 N–H and O–H groups in total. The predicted molar refractivity (Wildman–Crippen MR) is 60.2 cm³/mol. The average Bonchev–Trinajstić information content (AvgIpc) is 2.51. The Morgan fingerprint density at radius 3 is 2.73 bits per heavy atom. The Bertz CT molecular complexity index is 489. The van der Waals surface area contributed by atoms with Crippen molar-refractivity contribution in [2.75, 3.05) is 17.2 Å². The molecule has 5 nitrogen and oxygen atoms in total. The summed E-state index contributed by atoms with van der Waals surface area (Å²) in [6.07, 6.45) is 0.618. The minimum absolute atomic E-state index is 0.0422. The fourth-order valence-electron chi connectivity index (χ4n) is 1.62. The lowest BCUT2D eigenvalue weighted by Crippen LogP contribution is -2.07. The van der Waals surface area contributed by atoms with E-state index in [2.05, 4.69) is 26.1 Å². The van der Waals surface area contributed by atoms with Gasteiger partial charge in [0.2, 0.25) is 0 Å². The summed E-state index contributed by atoms with van der Waals surface area (Å²) in [6, 6.07) is 1.74. The van der Waals surface area contributed by atoms with Gasteiger partial charge in [0, 0.05) is 5.92 Å². The Balaban J connectivity index is 2.28. The van der Waals surface area contributed by atoms with Crippen molar-refractivity contribution in [2.24, 2.45) is 0 Å². The van der Waals surface area contributed by atoms with Gasteiger partial charge in [-0.3, -0.25) is 0 Å². The minimum atomic E-state index is -2.88. The SMILES string of the molecule is Nc1nnc(C2CCS(=O)(=O)C2)cc1Br. The van der Waals surface area contributed by atoms with Crippen LogP contribution in [0.1, 0.15) is 18.0 Å². The highest BCUT2D eigenvalue weighted by atomic mass is 79.9. The first-order valence-electron chi connectivity index (χ1n) is 4.47. The molecule has 0 saturated carbocycles. The molecule has 0 amide bonds. The average molecular weight is 292 g/mol. The molecule has 0 aromatic carbocycles. The van der Waals surface area contributed by atoms with Gasteiger partial charge in [-0.1, -0.05) is 0 Å². The van der Waals surface area contributed by atoms with E-state index in [1.807, 2.05) is 0 Å². The molecular formula is C8H10BrN3O2S. The fourth-order valence-corrected chi connectivity index (χ4v) is 3.69. The van der Waals surface area contributed by atoms with Crippen LogP contribution in [0.5, 0.6) is 0 Å². The zero-order valence-corrected chi connectivity index (χ0v) is 10.3. The predicted octanol–water partition coefficient (Wildman–Crippen LogP) is 0.723. The van der Waals surface area contributed by atoms with Crippen molar-refractivity contribution < 1.29 is 8.42 Å². The van der Waals surface area contributed by atoms with Gasteiger partial charge in [0.1, 0.15) is 0 Å². The van der Waals surface area contributed by atoms with Crippen LogP contribution in [0.2, 0.25) is 0 Å². The van der Waals surface area contributed by atoms with Crippen LogP contribution >= 0.6 is 15.9 Å². The summed E-state index contributed by atoms with van der Waals surface area (Å²) >= 11 is 3.24. The van der Waals surface area contributed by atoms with Gasteiger partial charge in [0.25, 0.3) is 0 Å². The molecule has 15 heavy (non-hydrogen) atoms. The smallest absolute Gasteiger partial charge is 0.160 e. The van der Waals surface area contributed by atoms with E-state index in [-0.39, 0.29) is 17.4 Å². The summed E-state index contributed by atoms with van der Waals surface area (Å²) in [4.78, 5) is 0. The molecule has 1 fully saturated rings. The van der Waals surface area contributed by atoms with E-state index in [4.69, 9.17) is 5.73 Å². The van der Waals surface area contributed by atoms with Crippen LogP contribution in [0.4, 0.5) is 5.82 Å². The van der Waals surface area contributed by atoms with Crippen molar-refractivity contribution in [2.45, 2.75) is 12.3 Å². The number of halogens is 1. The molecule has 0 spiro atoms. The van der Waals surface area contributed by atoms with E-state index in [0.29, 0.717) is 22.4 Å². The van der Waals surface area contributed by atoms with Crippen LogP contribution in [-0.4, -0.2) is 30.1 Å². The first kappa shape index (κ1) is 10.8. The number of nitrogens with two attached hydrogens (primary N) is 1. The molecule has 2 rings (SSSR count). The second-order valence-electron chi connectivity index (χ2n) is 3.60. The monoisotopic (exact) mass is 291 g/mol. The number of nitrogen functional groups attached to an aromatic ring is 1. The number of rotatable bonds is 1. The van der Waals surface area contributed by atoms with Gasteiger partial charge in [0.15, 0.2) is 15.7 Å². The normalized spacial score (nSPS) is 24.2. The van der Waals surface area contributed by atoms with Crippen molar-refractivity contribution in [1.82, 2.24) is 10.2 Å². The van der Waals surface area contributed by atoms with E-state index in [1.54, 1.807) is 6.07 Å². The Morgan fingerprint density at radius 1 is 1.47 bits per heavy atom. The first-order chi connectivity index (χ1) is 6.98. The second-order valence-corrected chi connectivity index (χ2v) is 6.69. The molecule has 1 aliphatic rings. The van der Waals surface area contributed by atoms with Crippen LogP contribution in [0.3, 0.4) is 0 Å². The summed E-state index contributed by atoms with van der Waals surface area (Å²) in [5.41, 5.74) is 6.19. The van der Waals surface area contributed by atoms with Gasteiger partial charge in [-0.05, 0) is 28.4 Å². The van der Waals surface area contributed by atoms with Crippen LogP contribution in [0.15, 0.2) is 10.5 Å². The lowest BCUT2D eigenvalue weighted by Gasteiger charge is -2.06. The minimum Gasteiger partial charge on any atom is -0.381 e. The molecule has 2 heterocycles. The quantitative estimate of drug-likeness (QED) is 0.824. The third-order valence-electron chi connectivity index (χ3n) is 2.44. The van der Waals surface area contributed by atoms with Crippen LogP contribution in [0.25, 0.3) is 0 Å². The largest absolute Gasteiger partial charge is 0.381 e. The van der Waals surface area contributed by atoms with Gasteiger partial charge >= 0.3 is 0 Å². The summed E-state index contributed by atoms with van der Waals surface area (Å²) < 4.78 is 23.2. The number of nitrogens with zero attached hydrogens (tertiary/aromatic N) is 2. The van der Waals surface area contributed by atoms with E-state index in [9.17, 15) is 8.42 Å². The van der Waals surface area contributed by atoms with Crippen LogP contribution < -0.4 is 5.73 Å². The molecule has 82 valence electrons. The molecular weight excluding hydrogens is 282 g/mol. The van der Waals surface area contributed by atoms with Gasteiger partial charge in [0.05, 0.1) is 21.7 Å². The summed E-state index contributed by atoms with van der Waals surface area (Å²) in [5, 5.41) is 7.67. The van der Waals surface area contributed by atoms with Crippen molar-refractivity contribution in [3.63, 3.8) is 0 Å². The molecule has 1 unspecified atom stereocenters. The number of hydrogen-bond donors (Lipinski definition) is 1. The van der Waals surface area contributed by atoms with Gasteiger partial charge in [-0.25, -0.2) is 8.42 Å². The highest BCUT2D eigenvalue weighted by Crippen LogP contribution is 2.29. The molecule has 1 aliphatic heterocycles. The van der Waals surface area contributed by atoms with Gasteiger partial charge in [-0.2, -0.15) is 5.10 Å². The number of sulfone groups is 1. The van der Waals surface area contributed by atoms with Gasteiger partial charge < -0.3 is 5.73 Å². The Kier molecular flexibility index (Phi) is 2.68. The number of aromatic nitrogens is 2. The number of anilines is 1. The summed E-state index contributed by atoms with van der Waals surface area (Å²) in [5.74, 6) is 0.679. The molecule has 0 aliphatic carbocycles. The standard InChI is InChI=1S/C8H10BrN3O2S/c9-6-3-7(11-12-8(6)10)5-1-2-15(13,14)4-5/h3,5H,1-2,4H2,(H2,10,12). The molecule has 0 radical (unpaired) electrons. The molecule has 1 aromatic heterocycles. The van der Waals surface area contributed by atoms with Crippen LogP contribution in [0, 0.1) is 0 Å². The molecule has 1 saturated heterocycles. The zero-order valence-electron chi connectivity index (χ0n) is 7.85. The van der Waals surface area contributed by atoms with E-state index in [1.165, 1.54) is 0 Å². The highest BCUT2D eigenvalue weighted by Gasteiger charge is 2.30. The van der Waals surface area contributed by atoms with Crippen molar-refractivity contribution in [3.8, 4) is 0 Å². The first-order valence-corrected chi connectivity index (χ1v) is 7.08. The van der Waals surface area contributed by atoms with Crippen LogP contribution in [-0.2, 0) is 9.84 Å². The molecule has 0 bridgehead atoms. The third-order valence-corrected chi connectivity index (χ3v) is 4.85. The maximum atomic E-state index is 11.3. The molecule has 1 atom stereocenters. The zero-order chi connectivity index (χ0) is 11.1. The van der Waals surface area contributed by atoms with Gasteiger partial charge in [-0.15, -0.1) is 5.10 Å². The highest BCUT2D eigenvalue weighted by molar-refractivity contribution is 9.10. The van der Waals surface area contributed by atoms with E-state index < -0.39 is 9.84 Å². The third kappa shape index (κ3) is 2.28. The Labute approximate surface area is 96.1 Å². The lowest BCUT2D eigenvalue weighted by atomic mass is 10.1. The fraction of sp³-hybridized carbons (Fsp3) is 0.500. The van der Waals surface area contributed by atoms with Crippen molar-refractivity contribution >= 4 is 31.6 Å². The van der Waals surface area contributed by atoms with E-state index >= 15 is 0 Å². The van der Waals surface area contributed by atoms with Crippen molar-refractivity contribution in [1.29, 1.82) is 0 Å². The summed E-state index contributed by atoms with van der Waals surface area (Å²) in [6.45, 7) is 0. The molecule has 1 aromatic rings. The van der Waals surface area contributed by atoms with Crippen molar-refractivity contribution in [3.05, 3.63) is 16.2 Å². The lowest BCUT2D eigenvalue weighted by molar-refractivity contribution is 0.601. The Morgan fingerprint density at radius 2 is 2.20 bits per heavy atom. The number of hydrogen-bond acceptors (Lipinski definition) is 5.